The summed E-state index contributed by atoms with van der Waals surface area (Å²) in [7, 11) is 0. The zero-order valence-electron chi connectivity index (χ0n) is 31.7. The third kappa shape index (κ3) is 8.43. The number of nitrogen functional groups attached to an aromatic ring is 1. The summed E-state index contributed by atoms with van der Waals surface area (Å²) in [6, 6.07) is 11.2. The van der Waals surface area contributed by atoms with Gasteiger partial charge in [0.25, 0.3) is 0 Å². The second-order valence-corrected chi connectivity index (χ2v) is 17.3. The van der Waals surface area contributed by atoms with Gasteiger partial charge in [0.15, 0.2) is 39.1 Å². The number of amides is 1. The highest BCUT2D eigenvalue weighted by Gasteiger charge is 2.39. The van der Waals surface area contributed by atoms with Crippen molar-refractivity contribution in [2.45, 2.75) is 83.7 Å². The Labute approximate surface area is 334 Å². The molecule has 296 valence electrons. The Morgan fingerprint density at radius 2 is 1.23 bits per heavy atom. The second-order valence-electron chi connectivity index (χ2n) is 15.3. The van der Waals surface area contributed by atoms with Crippen molar-refractivity contribution >= 4 is 62.0 Å². The molecule has 3 aliphatic carbocycles. The number of thiazole rings is 2. The Morgan fingerprint density at radius 3 is 1.82 bits per heavy atom. The number of anilines is 4. The van der Waals surface area contributed by atoms with Crippen LogP contribution >= 0.6 is 22.7 Å². The molecule has 2 aliphatic heterocycles. The van der Waals surface area contributed by atoms with E-state index in [1.165, 1.54) is 74.5 Å². The normalized spacial score (nSPS) is 22.3. The average Bonchev–Trinajstić information content (AvgIpc) is 3.95. The zero-order chi connectivity index (χ0) is 38.8. The predicted octanol–water partition coefficient (Wildman–Crippen LogP) is 7.81. The molecular weight excluding hydrogens is 753 g/mol. The van der Waals surface area contributed by atoms with Gasteiger partial charge in [-0.2, -0.15) is 0 Å². The molecule has 15 heteroatoms. The van der Waals surface area contributed by atoms with Gasteiger partial charge in [-0.05, 0) is 92.7 Å². The lowest BCUT2D eigenvalue weighted by Gasteiger charge is -2.45. The van der Waals surface area contributed by atoms with Gasteiger partial charge in [-0.25, -0.2) is 9.97 Å². The van der Waals surface area contributed by atoms with Gasteiger partial charge in [-0.3, -0.25) is 14.4 Å². The third-order valence-corrected chi connectivity index (χ3v) is 13.1. The first-order chi connectivity index (χ1) is 27.2. The molecular formula is C41H48N6O7S2. The molecule has 4 aromatic rings. The van der Waals surface area contributed by atoms with Crippen molar-refractivity contribution in [1.29, 1.82) is 0 Å². The number of ether oxygens (including phenoxy) is 4. The van der Waals surface area contributed by atoms with E-state index in [2.05, 4.69) is 32.8 Å². The number of rotatable bonds is 9. The molecule has 13 nitrogen and oxygen atoms in total. The molecule has 0 saturated heterocycles. The summed E-state index contributed by atoms with van der Waals surface area (Å²) in [5.41, 5.74) is 7.16. The third-order valence-electron chi connectivity index (χ3n) is 11.1. The topological polar surface area (TPSA) is 176 Å². The highest BCUT2D eigenvalue weighted by molar-refractivity contribution is 7.18. The van der Waals surface area contributed by atoms with E-state index in [1.807, 2.05) is 0 Å². The number of hydrogen-bond acceptors (Lipinski definition) is 14. The second kappa shape index (κ2) is 16.7. The summed E-state index contributed by atoms with van der Waals surface area (Å²) >= 11 is 2.63. The summed E-state index contributed by atoms with van der Waals surface area (Å²) in [6.45, 7) is 5.74. The zero-order valence-corrected chi connectivity index (χ0v) is 33.3. The van der Waals surface area contributed by atoms with Gasteiger partial charge in [-0.15, -0.1) is 0 Å². The largest absolute Gasteiger partial charge is 0.486 e. The highest BCUT2D eigenvalue weighted by Crippen LogP contribution is 2.45. The van der Waals surface area contributed by atoms with Crippen LogP contribution < -0.4 is 40.6 Å². The van der Waals surface area contributed by atoms with E-state index in [9.17, 15) is 14.4 Å². The first-order valence-electron chi connectivity index (χ1n) is 19.6. The van der Waals surface area contributed by atoms with Crippen molar-refractivity contribution in [1.82, 2.24) is 9.97 Å². The van der Waals surface area contributed by atoms with Crippen molar-refractivity contribution < 1.29 is 33.3 Å². The Kier molecular flexibility index (Phi) is 11.3. The molecule has 2 unspecified atom stereocenters. The number of hydrogen-bond donors (Lipinski definition) is 4. The fourth-order valence-electron chi connectivity index (χ4n) is 8.64. The van der Waals surface area contributed by atoms with E-state index >= 15 is 0 Å². The maximum atomic E-state index is 13.1. The lowest BCUT2D eigenvalue weighted by molar-refractivity contribution is -0.114. The van der Waals surface area contributed by atoms with Gasteiger partial charge < -0.3 is 40.6 Å². The molecule has 2 aromatic carbocycles. The van der Waals surface area contributed by atoms with Gasteiger partial charge in [0.2, 0.25) is 17.5 Å². The summed E-state index contributed by atoms with van der Waals surface area (Å²) < 4.78 is 22.2. The number of carbonyl (C=O) groups excluding carboxylic acids is 3. The summed E-state index contributed by atoms with van der Waals surface area (Å²) in [5, 5.41) is 11.1. The minimum Gasteiger partial charge on any atom is -0.486 e. The van der Waals surface area contributed by atoms with Crippen molar-refractivity contribution in [3.05, 3.63) is 57.3 Å². The fourth-order valence-corrected chi connectivity index (χ4v) is 10.5. The molecule has 1 amide bonds. The number of nitrogens with two attached hydrogens (primary N) is 1. The molecule has 5 N–H and O–H groups in total. The van der Waals surface area contributed by atoms with E-state index in [0.29, 0.717) is 111 Å². The van der Waals surface area contributed by atoms with Gasteiger partial charge in [0, 0.05) is 30.1 Å². The summed E-state index contributed by atoms with van der Waals surface area (Å²) in [4.78, 5) is 47.5. The lowest BCUT2D eigenvalue weighted by Crippen LogP contribution is -2.44. The predicted molar refractivity (Wildman–Crippen MR) is 217 cm³/mol. The number of nitrogens with zero attached hydrogens (tertiary/aromatic N) is 2. The molecule has 2 bridgehead atoms. The van der Waals surface area contributed by atoms with Crippen molar-refractivity contribution in [2.24, 2.45) is 17.8 Å². The SMILES string of the molecule is CC(=O)Nc1nc(NC2CCCC2)sc1C(=O)c1ccc2c(c1)OCCO2.CC1CC2CCCC(C1)C2Nc1nc(N)c(C(=O)c2ccc3c(c2)OCCO3)s1. The molecule has 9 rings (SSSR count). The van der Waals surface area contributed by atoms with Crippen LogP contribution in [0.1, 0.15) is 102 Å². The van der Waals surface area contributed by atoms with Crippen LogP contribution in [0.25, 0.3) is 0 Å². The first kappa shape index (κ1) is 38.0. The minimum atomic E-state index is -0.260. The maximum Gasteiger partial charge on any atom is 0.222 e. The van der Waals surface area contributed by atoms with Crippen LogP contribution in [-0.2, 0) is 4.79 Å². The average molecular weight is 801 g/mol. The van der Waals surface area contributed by atoms with Crippen LogP contribution in [0.4, 0.5) is 21.9 Å². The van der Waals surface area contributed by atoms with Crippen LogP contribution in [0, 0.1) is 17.8 Å². The van der Waals surface area contributed by atoms with Gasteiger partial charge >= 0.3 is 0 Å². The minimum absolute atomic E-state index is 0.123. The molecule has 3 fully saturated rings. The molecule has 0 radical (unpaired) electrons. The number of carbonyl (C=O) groups is 3. The number of aromatic nitrogens is 2. The van der Waals surface area contributed by atoms with Crippen LogP contribution in [0.2, 0.25) is 0 Å². The lowest BCUT2D eigenvalue weighted by atomic mass is 9.65. The van der Waals surface area contributed by atoms with Gasteiger partial charge in [-0.1, -0.05) is 48.9 Å². The number of ketones is 2. The molecule has 3 saturated carbocycles. The molecule has 0 spiro atoms. The van der Waals surface area contributed by atoms with Crippen molar-refractivity contribution in [3.8, 4) is 23.0 Å². The Balaban J connectivity index is 0.000000158. The molecule has 2 aromatic heterocycles. The van der Waals surface area contributed by atoms with E-state index in [-0.39, 0.29) is 17.5 Å². The number of benzene rings is 2. The number of nitrogens with one attached hydrogen (secondary N) is 3. The molecule has 2 atom stereocenters. The van der Waals surface area contributed by atoms with E-state index < -0.39 is 0 Å². The Bertz CT molecular complexity index is 2080. The van der Waals surface area contributed by atoms with Crippen LogP contribution in [0.5, 0.6) is 23.0 Å². The maximum absolute atomic E-state index is 13.1. The van der Waals surface area contributed by atoms with Gasteiger partial charge in [0.05, 0.1) is 0 Å². The Hall–Kier alpha value is -4.89. The first-order valence-corrected chi connectivity index (χ1v) is 21.3. The Morgan fingerprint density at radius 1 is 0.696 bits per heavy atom. The van der Waals surface area contributed by atoms with E-state index in [4.69, 9.17) is 24.7 Å². The molecule has 4 heterocycles. The summed E-state index contributed by atoms with van der Waals surface area (Å²) in [5.74, 6) is 4.67. The van der Waals surface area contributed by atoms with E-state index in [0.717, 1.165) is 23.9 Å². The number of fused-ring (bicyclic) bond motifs is 4. The quantitative estimate of drug-likeness (QED) is 0.121. The standard InChI is InChI=1S/C22H27N3O3S.C19H21N3O4S/c1-12-9-13-3-2-4-14(10-12)18(13)24-22-25-21(23)20(29-22)19(26)15-5-6-16-17(11-15)28-8-7-27-16;1-11(23)20-18-17(27-19(22-18)21-13-4-2-3-5-13)16(24)12-6-7-14-15(10-12)26-9-8-25-14/h5-6,11-14,18H,2-4,7-10,23H2,1H3,(H,24,25);6-7,10,13H,2-5,8-9H2,1H3,(H,20,23)(H,21,22). The van der Waals surface area contributed by atoms with Crippen LogP contribution in [-0.4, -0.2) is 66.0 Å². The molecule has 56 heavy (non-hydrogen) atoms. The van der Waals surface area contributed by atoms with Crippen molar-refractivity contribution in [3.63, 3.8) is 0 Å². The van der Waals surface area contributed by atoms with Crippen LogP contribution in [0.15, 0.2) is 36.4 Å². The smallest absolute Gasteiger partial charge is 0.222 e. The van der Waals surface area contributed by atoms with Crippen molar-refractivity contribution in [2.75, 3.05) is 48.1 Å². The molecule has 5 aliphatic rings. The summed E-state index contributed by atoms with van der Waals surface area (Å²) in [6.07, 6.45) is 11.0. The van der Waals surface area contributed by atoms with E-state index in [1.54, 1.807) is 36.4 Å². The monoisotopic (exact) mass is 800 g/mol. The van der Waals surface area contributed by atoms with Gasteiger partial charge in [0.1, 0.15) is 42.0 Å². The van der Waals surface area contributed by atoms with Crippen LogP contribution in [0.3, 0.4) is 0 Å². The highest BCUT2D eigenvalue weighted by atomic mass is 32.1. The fraction of sp³-hybridized carbons (Fsp3) is 0.488.